The fourth-order valence-electron chi connectivity index (χ4n) is 1.23. The Hall–Kier alpha value is -1.92. The molecule has 5 nitrogen and oxygen atoms in total. The lowest BCUT2D eigenvalue weighted by Crippen LogP contribution is -2.08. The Kier molecular flexibility index (Phi) is 3.60. The van der Waals surface area contributed by atoms with E-state index in [1.165, 1.54) is 7.11 Å². The van der Waals surface area contributed by atoms with E-state index in [9.17, 15) is 13.6 Å². The number of hydrogen-bond acceptors (Lipinski definition) is 4. The lowest BCUT2D eigenvalue weighted by atomic mass is 10.1. The van der Waals surface area contributed by atoms with Gasteiger partial charge in [0.25, 0.3) is 6.43 Å². The Morgan fingerprint density at radius 1 is 1.69 bits per heavy atom. The molecule has 1 rings (SSSR count). The maximum absolute atomic E-state index is 12.5. The van der Waals surface area contributed by atoms with E-state index < -0.39 is 24.5 Å². The number of nitrogen functional groups attached to an aromatic ring is 1. The van der Waals surface area contributed by atoms with Crippen molar-refractivity contribution >= 4 is 11.7 Å². The summed E-state index contributed by atoms with van der Waals surface area (Å²) in [4.78, 5) is 13.9. The van der Waals surface area contributed by atoms with Gasteiger partial charge in [0.2, 0.25) is 0 Å². The highest BCUT2D eigenvalue weighted by Gasteiger charge is 2.21. The summed E-state index contributed by atoms with van der Waals surface area (Å²) in [6, 6.07) is 0. The van der Waals surface area contributed by atoms with Gasteiger partial charge in [-0.05, 0) is 0 Å². The van der Waals surface area contributed by atoms with Gasteiger partial charge in [-0.1, -0.05) is 0 Å². The zero-order valence-corrected chi connectivity index (χ0v) is 8.41. The number of ether oxygens (including phenoxy) is 1. The maximum atomic E-state index is 12.5. The first-order valence-corrected chi connectivity index (χ1v) is 4.28. The number of carboxylic acid groups (broad SMARTS) is 1. The number of aliphatic carboxylic acids is 1. The van der Waals surface area contributed by atoms with Crippen LogP contribution < -0.4 is 10.5 Å². The highest BCUT2D eigenvalue weighted by Crippen LogP contribution is 2.34. The number of pyridine rings is 1. The Balaban J connectivity index is 3.23. The van der Waals surface area contributed by atoms with Crippen molar-refractivity contribution in [3.05, 3.63) is 17.5 Å². The smallest absolute Gasteiger partial charge is 0.307 e. The normalized spacial score (nSPS) is 10.5. The van der Waals surface area contributed by atoms with Gasteiger partial charge in [0.1, 0.15) is 0 Å². The SMILES string of the molecule is COc1c(C(F)F)ncc(CC(=O)O)c1N. The van der Waals surface area contributed by atoms with Crippen LogP contribution in [0.4, 0.5) is 14.5 Å². The second-order valence-corrected chi connectivity index (χ2v) is 2.99. The predicted octanol–water partition coefficient (Wildman–Crippen LogP) is 1.24. The molecule has 0 radical (unpaired) electrons. The summed E-state index contributed by atoms with van der Waals surface area (Å²) in [6.07, 6.45) is -2.19. The third-order valence-electron chi connectivity index (χ3n) is 1.94. The van der Waals surface area contributed by atoms with Crippen molar-refractivity contribution in [2.45, 2.75) is 12.8 Å². The standard InChI is InChI=1S/C9H10F2N2O3/c1-16-8-6(12)4(2-5(14)15)3-13-7(8)9(10)11/h3,9H,2H2,1H3,(H2,12,13)(H,14,15). The van der Waals surface area contributed by atoms with Crippen LogP contribution in [0.15, 0.2) is 6.20 Å². The van der Waals surface area contributed by atoms with Crippen molar-refractivity contribution in [1.29, 1.82) is 0 Å². The number of aromatic nitrogens is 1. The molecule has 0 aliphatic heterocycles. The van der Waals surface area contributed by atoms with Gasteiger partial charge in [0.15, 0.2) is 11.4 Å². The van der Waals surface area contributed by atoms with Crippen LogP contribution in [0.2, 0.25) is 0 Å². The number of nitrogens with two attached hydrogens (primary N) is 1. The molecule has 0 spiro atoms. The maximum Gasteiger partial charge on any atom is 0.307 e. The van der Waals surface area contributed by atoms with Crippen molar-refractivity contribution in [2.75, 3.05) is 12.8 Å². The van der Waals surface area contributed by atoms with Gasteiger partial charge in [0.05, 0.1) is 19.2 Å². The first-order chi connectivity index (χ1) is 7.47. The molecule has 0 unspecified atom stereocenters. The van der Waals surface area contributed by atoms with Gasteiger partial charge in [0, 0.05) is 11.8 Å². The van der Waals surface area contributed by atoms with Crippen LogP contribution in [0.3, 0.4) is 0 Å². The second-order valence-electron chi connectivity index (χ2n) is 2.99. The highest BCUT2D eigenvalue weighted by molar-refractivity contribution is 5.74. The van der Waals surface area contributed by atoms with E-state index in [1.807, 2.05) is 0 Å². The minimum atomic E-state index is -2.82. The summed E-state index contributed by atoms with van der Waals surface area (Å²) < 4.78 is 29.6. The summed E-state index contributed by atoms with van der Waals surface area (Å²) >= 11 is 0. The monoisotopic (exact) mass is 232 g/mol. The number of nitrogens with zero attached hydrogens (tertiary/aromatic N) is 1. The highest BCUT2D eigenvalue weighted by atomic mass is 19.3. The molecule has 0 bridgehead atoms. The van der Waals surface area contributed by atoms with Gasteiger partial charge in [-0.3, -0.25) is 9.78 Å². The zero-order valence-electron chi connectivity index (χ0n) is 8.41. The van der Waals surface area contributed by atoms with Crippen LogP contribution in [-0.2, 0) is 11.2 Å². The van der Waals surface area contributed by atoms with Gasteiger partial charge in [-0.15, -0.1) is 0 Å². The molecule has 0 saturated heterocycles. The Morgan fingerprint density at radius 2 is 2.31 bits per heavy atom. The van der Waals surface area contributed by atoms with Gasteiger partial charge in [-0.2, -0.15) is 0 Å². The molecule has 1 aromatic heterocycles. The Labute approximate surface area is 89.9 Å². The molecule has 88 valence electrons. The fraction of sp³-hybridized carbons (Fsp3) is 0.333. The molecule has 1 aromatic rings. The van der Waals surface area contributed by atoms with E-state index in [0.29, 0.717) is 0 Å². The van der Waals surface area contributed by atoms with Gasteiger partial charge >= 0.3 is 5.97 Å². The minimum absolute atomic E-state index is 0.116. The molecular weight excluding hydrogens is 222 g/mol. The number of methoxy groups -OCH3 is 1. The number of carbonyl (C=O) groups is 1. The second kappa shape index (κ2) is 4.73. The van der Waals surface area contributed by atoms with Crippen molar-refractivity contribution in [2.24, 2.45) is 0 Å². The van der Waals surface area contributed by atoms with Crippen molar-refractivity contribution in [3.63, 3.8) is 0 Å². The van der Waals surface area contributed by atoms with Crippen LogP contribution >= 0.6 is 0 Å². The van der Waals surface area contributed by atoms with E-state index in [2.05, 4.69) is 4.98 Å². The summed E-state index contributed by atoms with van der Waals surface area (Å²) in [5.74, 6) is -1.39. The molecule has 1 heterocycles. The van der Waals surface area contributed by atoms with Gasteiger partial charge < -0.3 is 15.6 Å². The summed E-state index contributed by atoms with van der Waals surface area (Å²) in [5.41, 5.74) is 4.96. The summed E-state index contributed by atoms with van der Waals surface area (Å²) in [6.45, 7) is 0. The first kappa shape index (κ1) is 12.2. The van der Waals surface area contributed by atoms with E-state index in [-0.39, 0.29) is 17.0 Å². The molecule has 16 heavy (non-hydrogen) atoms. The summed E-state index contributed by atoms with van der Waals surface area (Å²) in [7, 11) is 1.17. The topological polar surface area (TPSA) is 85.4 Å². The summed E-state index contributed by atoms with van der Waals surface area (Å²) in [5, 5.41) is 8.56. The number of halogens is 2. The number of anilines is 1. The number of alkyl halides is 2. The van der Waals surface area contributed by atoms with E-state index >= 15 is 0 Å². The Morgan fingerprint density at radius 3 is 2.75 bits per heavy atom. The lowest BCUT2D eigenvalue weighted by molar-refractivity contribution is -0.136. The zero-order chi connectivity index (χ0) is 12.3. The molecule has 0 aromatic carbocycles. The third kappa shape index (κ3) is 2.36. The average Bonchev–Trinajstić information content (AvgIpc) is 2.19. The molecule has 0 aliphatic carbocycles. The van der Waals surface area contributed by atoms with Crippen LogP contribution in [0.5, 0.6) is 5.75 Å². The molecule has 0 atom stereocenters. The van der Waals surface area contributed by atoms with Crippen LogP contribution in [0, 0.1) is 0 Å². The number of carboxylic acids is 1. The van der Waals surface area contributed by atoms with E-state index in [4.69, 9.17) is 15.6 Å². The molecule has 0 aliphatic rings. The third-order valence-corrected chi connectivity index (χ3v) is 1.94. The number of hydrogen-bond donors (Lipinski definition) is 2. The fourth-order valence-corrected chi connectivity index (χ4v) is 1.23. The van der Waals surface area contributed by atoms with Crippen molar-refractivity contribution < 1.29 is 23.4 Å². The van der Waals surface area contributed by atoms with Crippen molar-refractivity contribution in [3.8, 4) is 5.75 Å². The van der Waals surface area contributed by atoms with Crippen LogP contribution in [-0.4, -0.2) is 23.2 Å². The largest absolute Gasteiger partial charge is 0.492 e. The molecular formula is C9H10F2N2O3. The molecule has 3 N–H and O–H groups in total. The lowest BCUT2D eigenvalue weighted by Gasteiger charge is -2.12. The van der Waals surface area contributed by atoms with Crippen LogP contribution in [0.1, 0.15) is 17.7 Å². The quantitative estimate of drug-likeness (QED) is 0.815. The molecule has 0 amide bonds. The Bertz CT molecular complexity index is 410. The van der Waals surface area contributed by atoms with E-state index in [1.54, 1.807) is 0 Å². The molecule has 0 fully saturated rings. The molecule has 0 saturated carbocycles. The van der Waals surface area contributed by atoms with E-state index in [0.717, 1.165) is 6.20 Å². The number of rotatable bonds is 4. The van der Waals surface area contributed by atoms with Crippen molar-refractivity contribution in [1.82, 2.24) is 4.98 Å². The molecule has 7 heteroatoms. The van der Waals surface area contributed by atoms with Crippen LogP contribution in [0.25, 0.3) is 0 Å². The predicted molar refractivity (Wildman–Crippen MR) is 51.5 cm³/mol. The minimum Gasteiger partial charge on any atom is -0.492 e. The first-order valence-electron chi connectivity index (χ1n) is 4.28. The average molecular weight is 232 g/mol. The van der Waals surface area contributed by atoms with Gasteiger partial charge in [-0.25, -0.2) is 8.78 Å².